The maximum Gasteiger partial charge on any atom is 0.128 e. The van der Waals surface area contributed by atoms with E-state index in [4.69, 9.17) is 0 Å². The highest BCUT2D eigenvalue weighted by Crippen LogP contribution is 2.43. The topological polar surface area (TPSA) is 12.0 Å². The highest BCUT2D eigenvalue weighted by atomic mass is 19.1. The third-order valence-corrected chi connectivity index (χ3v) is 5.27. The van der Waals surface area contributed by atoms with E-state index in [1.54, 1.807) is 6.07 Å². The molecule has 1 atom stereocenters. The van der Waals surface area contributed by atoms with Gasteiger partial charge in [-0.1, -0.05) is 38.5 Å². The van der Waals surface area contributed by atoms with Crippen molar-refractivity contribution in [3.05, 3.63) is 35.1 Å². The summed E-state index contributed by atoms with van der Waals surface area (Å²) in [5, 5.41) is 3.37. The summed E-state index contributed by atoms with van der Waals surface area (Å²) >= 11 is 0. The molecule has 1 N–H and O–H groups in total. The number of nitrogens with one attached hydrogen (secondary N) is 1. The molecule has 0 spiro atoms. The Bertz CT molecular complexity index is 467. The number of halogens is 1. The smallest absolute Gasteiger partial charge is 0.128 e. The molecule has 2 rings (SSSR count). The molecule has 1 aromatic rings. The van der Waals surface area contributed by atoms with Gasteiger partial charge in [0.2, 0.25) is 0 Å². The monoisotopic (exact) mass is 291 g/mol. The minimum Gasteiger partial charge on any atom is -0.313 e. The van der Waals surface area contributed by atoms with Crippen LogP contribution in [-0.2, 0) is 0 Å². The number of benzene rings is 1. The summed E-state index contributed by atoms with van der Waals surface area (Å²) < 4.78 is 14.2. The maximum absolute atomic E-state index is 14.2. The lowest BCUT2D eigenvalue weighted by Crippen LogP contribution is -2.32. The van der Waals surface area contributed by atoms with E-state index >= 15 is 0 Å². The van der Waals surface area contributed by atoms with E-state index in [9.17, 15) is 4.39 Å². The first-order chi connectivity index (χ1) is 9.82. The summed E-state index contributed by atoms with van der Waals surface area (Å²) in [6.07, 6.45) is 4.92. The van der Waals surface area contributed by atoms with Crippen LogP contribution in [-0.4, -0.2) is 7.05 Å². The van der Waals surface area contributed by atoms with Gasteiger partial charge in [0.25, 0.3) is 0 Å². The predicted octanol–water partition coefficient (Wildman–Crippen LogP) is 5.25. The summed E-state index contributed by atoms with van der Waals surface area (Å²) in [7, 11) is 1.96. The zero-order chi connectivity index (χ0) is 15.6. The quantitative estimate of drug-likeness (QED) is 0.802. The van der Waals surface area contributed by atoms with Crippen molar-refractivity contribution in [1.82, 2.24) is 5.32 Å². The molecule has 2 heteroatoms. The van der Waals surface area contributed by atoms with Crippen molar-refractivity contribution in [1.29, 1.82) is 0 Å². The molecule has 118 valence electrons. The van der Waals surface area contributed by atoms with Gasteiger partial charge in [0.1, 0.15) is 5.82 Å². The fraction of sp³-hybridized carbons (Fsp3) is 0.684. The Morgan fingerprint density at radius 1 is 1.14 bits per heavy atom. The number of aryl methyl sites for hydroxylation is 1. The standard InChI is InChI=1S/C19H30FN/c1-13-6-11-17(20)16(12-13)18(21-5)14-7-9-15(10-8-14)19(2,3)4/h6,11-12,14-15,18,21H,7-10H2,1-5H3. The second-order valence-corrected chi connectivity index (χ2v) is 7.77. The molecule has 1 unspecified atom stereocenters. The molecule has 1 aliphatic carbocycles. The van der Waals surface area contributed by atoms with E-state index in [0.29, 0.717) is 11.3 Å². The van der Waals surface area contributed by atoms with Gasteiger partial charge in [0, 0.05) is 11.6 Å². The molecule has 0 saturated heterocycles. The normalized spacial score (nSPS) is 24.9. The lowest BCUT2D eigenvalue weighted by molar-refractivity contribution is 0.133. The summed E-state index contributed by atoms with van der Waals surface area (Å²) in [5.41, 5.74) is 2.38. The molecule has 1 aliphatic rings. The second kappa shape index (κ2) is 6.48. The molecule has 1 fully saturated rings. The lowest BCUT2D eigenvalue weighted by Gasteiger charge is -2.39. The third-order valence-electron chi connectivity index (χ3n) is 5.27. The number of hydrogen-bond acceptors (Lipinski definition) is 1. The van der Waals surface area contributed by atoms with Gasteiger partial charge in [-0.2, -0.15) is 0 Å². The summed E-state index contributed by atoms with van der Waals surface area (Å²) in [6, 6.07) is 5.61. The molecule has 0 amide bonds. The highest BCUT2D eigenvalue weighted by molar-refractivity contribution is 5.27. The third kappa shape index (κ3) is 3.85. The minimum atomic E-state index is -0.0714. The van der Waals surface area contributed by atoms with Crippen molar-refractivity contribution < 1.29 is 4.39 Å². The van der Waals surface area contributed by atoms with E-state index in [1.807, 2.05) is 26.1 Å². The first-order valence-corrected chi connectivity index (χ1v) is 8.26. The van der Waals surface area contributed by atoms with Gasteiger partial charge < -0.3 is 5.32 Å². The van der Waals surface area contributed by atoms with Crippen LogP contribution in [0.3, 0.4) is 0 Å². The molecule has 0 aliphatic heterocycles. The van der Waals surface area contributed by atoms with Gasteiger partial charge >= 0.3 is 0 Å². The number of rotatable bonds is 3. The lowest BCUT2D eigenvalue weighted by atomic mass is 9.68. The highest BCUT2D eigenvalue weighted by Gasteiger charge is 2.33. The molecule has 0 aromatic heterocycles. The molecule has 1 aromatic carbocycles. The van der Waals surface area contributed by atoms with Crippen molar-refractivity contribution in [3.63, 3.8) is 0 Å². The molecular weight excluding hydrogens is 261 g/mol. The van der Waals surface area contributed by atoms with E-state index in [2.05, 4.69) is 26.1 Å². The van der Waals surface area contributed by atoms with Crippen molar-refractivity contribution in [2.45, 2.75) is 59.4 Å². The van der Waals surface area contributed by atoms with Crippen molar-refractivity contribution in [2.75, 3.05) is 7.05 Å². The first-order valence-electron chi connectivity index (χ1n) is 8.26. The SMILES string of the molecule is CNC(c1cc(C)ccc1F)C1CCC(C(C)(C)C)CC1. The van der Waals surface area contributed by atoms with Crippen LogP contribution in [0.15, 0.2) is 18.2 Å². The van der Waals surface area contributed by atoms with Crippen molar-refractivity contribution in [2.24, 2.45) is 17.3 Å². The van der Waals surface area contributed by atoms with Crippen molar-refractivity contribution >= 4 is 0 Å². The Balaban J connectivity index is 2.11. The Morgan fingerprint density at radius 3 is 2.29 bits per heavy atom. The van der Waals surface area contributed by atoms with Crippen LogP contribution >= 0.6 is 0 Å². The molecule has 0 heterocycles. The molecule has 0 bridgehead atoms. The maximum atomic E-state index is 14.2. The summed E-state index contributed by atoms with van der Waals surface area (Å²) in [5.74, 6) is 1.27. The molecule has 1 nitrogen and oxygen atoms in total. The van der Waals surface area contributed by atoms with E-state index in [0.717, 1.165) is 17.0 Å². The van der Waals surface area contributed by atoms with Crippen LogP contribution in [0.4, 0.5) is 4.39 Å². The van der Waals surface area contributed by atoms with Gasteiger partial charge in [-0.25, -0.2) is 4.39 Å². The Hall–Kier alpha value is -0.890. The van der Waals surface area contributed by atoms with E-state index < -0.39 is 0 Å². The van der Waals surface area contributed by atoms with Gasteiger partial charge in [-0.3, -0.25) is 0 Å². The van der Waals surface area contributed by atoms with Crippen LogP contribution in [0, 0.1) is 30.0 Å². The first kappa shape index (κ1) is 16.5. The predicted molar refractivity (Wildman–Crippen MR) is 87.8 cm³/mol. The number of hydrogen-bond donors (Lipinski definition) is 1. The zero-order valence-electron chi connectivity index (χ0n) is 14.2. The van der Waals surface area contributed by atoms with Crippen LogP contribution in [0.1, 0.15) is 63.6 Å². The zero-order valence-corrected chi connectivity index (χ0v) is 14.2. The van der Waals surface area contributed by atoms with Crippen LogP contribution < -0.4 is 5.32 Å². The van der Waals surface area contributed by atoms with Crippen molar-refractivity contribution in [3.8, 4) is 0 Å². The van der Waals surface area contributed by atoms with Crippen LogP contribution in [0.5, 0.6) is 0 Å². The average Bonchev–Trinajstić information content (AvgIpc) is 2.43. The van der Waals surface area contributed by atoms with Crippen LogP contribution in [0.2, 0.25) is 0 Å². The van der Waals surface area contributed by atoms with Gasteiger partial charge in [-0.15, -0.1) is 0 Å². The Kier molecular flexibility index (Phi) is 5.08. The largest absolute Gasteiger partial charge is 0.313 e. The Morgan fingerprint density at radius 2 is 1.76 bits per heavy atom. The summed E-state index contributed by atoms with van der Waals surface area (Å²) in [4.78, 5) is 0. The van der Waals surface area contributed by atoms with E-state index in [-0.39, 0.29) is 11.9 Å². The average molecular weight is 291 g/mol. The van der Waals surface area contributed by atoms with Gasteiger partial charge in [0.05, 0.1) is 0 Å². The van der Waals surface area contributed by atoms with Gasteiger partial charge in [0.15, 0.2) is 0 Å². The molecule has 21 heavy (non-hydrogen) atoms. The fourth-order valence-corrected chi connectivity index (χ4v) is 3.87. The molecule has 0 radical (unpaired) electrons. The fourth-order valence-electron chi connectivity index (χ4n) is 3.87. The minimum absolute atomic E-state index is 0.0714. The second-order valence-electron chi connectivity index (χ2n) is 7.77. The van der Waals surface area contributed by atoms with Crippen LogP contribution in [0.25, 0.3) is 0 Å². The summed E-state index contributed by atoms with van der Waals surface area (Å²) in [6.45, 7) is 9.06. The Labute approximate surface area is 129 Å². The van der Waals surface area contributed by atoms with Gasteiger partial charge in [-0.05, 0) is 63.0 Å². The molecular formula is C19H30FN. The molecule has 1 saturated carbocycles. The van der Waals surface area contributed by atoms with E-state index in [1.165, 1.54) is 25.7 Å².